The first-order valence-corrected chi connectivity index (χ1v) is 9.63. The zero-order chi connectivity index (χ0) is 22.2. The van der Waals surface area contributed by atoms with Crippen molar-refractivity contribution in [2.24, 2.45) is 0 Å². The van der Waals surface area contributed by atoms with Crippen molar-refractivity contribution >= 4 is 23.9 Å². The zero-order valence-electron chi connectivity index (χ0n) is 17.5. The van der Waals surface area contributed by atoms with Crippen LogP contribution in [0.15, 0.2) is 0 Å². The molecule has 0 amide bonds. The van der Waals surface area contributed by atoms with Gasteiger partial charge in [0.05, 0.1) is 39.4 Å². The summed E-state index contributed by atoms with van der Waals surface area (Å²) < 4.78 is 9.77. The van der Waals surface area contributed by atoms with Gasteiger partial charge in [-0.15, -0.1) is 0 Å². The zero-order valence-corrected chi connectivity index (χ0v) is 17.5. The number of carboxylic acids is 2. The first kappa shape index (κ1) is 26.8. The summed E-state index contributed by atoms with van der Waals surface area (Å²) in [5.74, 6) is -2.99. The van der Waals surface area contributed by atoms with E-state index in [4.69, 9.17) is 19.7 Å². The largest absolute Gasteiger partial charge is 0.480 e. The van der Waals surface area contributed by atoms with Gasteiger partial charge in [0, 0.05) is 26.2 Å². The monoisotopic (exact) mass is 419 g/mol. The average molecular weight is 419 g/mol. The molecule has 11 heteroatoms. The molecule has 0 unspecified atom stereocenters. The summed E-state index contributed by atoms with van der Waals surface area (Å²) in [5.41, 5.74) is 0. The summed E-state index contributed by atoms with van der Waals surface area (Å²) in [5, 5.41) is 18.2. The van der Waals surface area contributed by atoms with E-state index in [9.17, 15) is 19.2 Å². The van der Waals surface area contributed by atoms with Gasteiger partial charge in [-0.2, -0.15) is 0 Å². The highest BCUT2D eigenvalue weighted by Crippen LogP contribution is 1.98. The number of esters is 2. The lowest BCUT2D eigenvalue weighted by Gasteiger charge is -2.27. The molecule has 11 nitrogen and oxygen atoms in total. The molecule has 0 heterocycles. The van der Waals surface area contributed by atoms with Crippen molar-refractivity contribution in [3.8, 4) is 0 Å². The Morgan fingerprint density at radius 1 is 0.621 bits per heavy atom. The number of nitrogens with zero attached hydrogens (tertiary/aromatic N) is 3. The summed E-state index contributed by atoms with van der Waals surface area (Å²) in [6.45, 7) is 6.90. The quantitative estimate of drug-likeness (QED) is 0.287. The lowest BCUT2D eigenvalue weighted by molar-refractivity contribution is -0.146. The second-order valence-corrected chi connectivity index (χ2v) is 6.25. The minimum absolute atomic E-state index is 0.110. The van der Waals surface area contributed by atoms with Crippen LogP contribution < -0.4 is 0 Å². The van der Waals surface area contributed by atoms with Crippen LogP contribution in [0.25, 0.3) is 0 Å². The molecule has 0 saturated carbocycles. The number of aliphatic carboxylic acids is 2. The number of carbonyl (C=O) groups excluding carboxylic acids is 2. The molecular formula is C18H33N3O8. The highest BCUT2D eigenvalue weighted by Gasteiger charge is 2.18. The van der Waals surface area contributed by atoms with Crippen molar-refractivity contribution in [1.82, 2.24) is 14.7 Å². The second-order valence-electron chi connectivity index (χ2n) is 6.25. The fourth-order valence-corrected chi connectivity index (χ4v) is 2.56. The summed E-state index contributed by atoms with van der Waals surface area (Å²) in [6.07, 6.45) is 0. The smallest absolute Gasteiger partial charge is 0.320 e. The van der Waals surface area contributed by atoms with Gasteiger partial charge >= 0.3 is 23.9 Å². The van der Waals surface area contributed by atoms with Crippen molar-refractivity contribution in [1.29, 1.82) is 0 Å². The minimum Gasteiger partial charge on any atom is -0.480 e. The van der Waals surface area contributed by atoms with Crippen molar-refractivity contribution in [2.45, 2.75) is 20.8 Å². The standard InChI is InChI=1S/C18H33N3O8/c1-4-19(13-17(26)28-5-2)7-8-20(11-15(22)23)9-10-21(12-16(24)25)14-18(27)29-6-3/h4-14H2,1-3H3,(H,22,23)(H,24,25). The highest BCUT2D eigenvalue weighted by molar-refractivity contribution is 5.74. The molecule has 0 atom stereocenters. The number of likely N-dealkylation sites (N-methyl/N-ethyl adjacent to an activating group) is 1. The van der Waals surface area contributed by atoms with Crippen LogP contribution in [0.2, 0.25) is 0 Å². The van der Waals surface area contributed by atoms with E-state index in [0.717, 1.165) is 0 Å². The molecule has 0 fully saturated rings. The van der Waals surface area contributed by atoms with Gasteiger partial charge in [-0.25, -0.2) is 0 Å². The van der Waals surface area contributed by atoms with Gasteiger partial charge in [0.2, 0.25) is 0 Å². The van der Waals surface area contributed by atoms with E-state index in [1.54, 1.807) is 18.7 Å². The van der Waals surface area contributed by atoms with Gasteiger partial charge in [0.25, 0.3) is 0 Å². The van der Waals surface area contributed by atoms with Crippen LogP contribution in [0, 0.1) is 0 Å². The van der Waals surface area contributed by atoms with Crippen molar-refractivity contribution < 1.29 is 38.9 Å². The number of carboxylic acid groups (broad SMARTS) is 2. The van der Waals surface area contributed by atoms with E-state index >= 15 is 0 Å². The molecule has 0 aliphatic heterocycles. The van der Waals surface area contributed by atoms with E-state index in [-0.39, 0.29) is 51.8 Å². The summed E-state index contributed by atoms with van der Waals surface area (Å²) in [6, 6.07) is 0. The number of carbonyl (C=O) groups is 4. The van der Waals surface area contributed by atoms with Crippen LogP contribution in [-0.2, 0) is 28.7 Å². The van der Waals surface area contributed by atoms with Gasteiger partial charge in [0.15, 0.2) is 0 Å². The molecule has 0 bridgehead atoms. The molecule has 168 valence electrons. The molecule has 0 rings (SSSR count). The topological polar surface area (TPSA) is 137 Å². The minimum atomic E-state index is -1.09. The Kier molecular flexibility index (Phi) is 14.4. The molecule has 29 heavy (non-hydrogen) atoms. The normalized spacial score (nSPS) is 11.1. The Morgan fingerprint density at radius 2 is 1.00 bits per heavy atom. The summed E-state index contributed by atoms with van der Waals surface area (Å²) in [7, 11) is 0. The summed E-state index contributed by atoms with van der Waals surface area (Å²) >= 11 is 0. The third-order valence-electron chi connectivity index (χ3n) is 3.95. The van der Waals surface area contributed by atoms with Crippen molar-refractivity contribution in [3.63, 3.8) is 0 Å². The fraction of sp³-hybridized carbons (Fsp3) is 0.778. The van der Waals surface area contributed by atoms with Crippen LogP contribution >= 0.6 is 0 Å². The van der Waals surface area contributed by atoms with E-state index in [2.05, 4.69) is 0 Å². The van der Waals surface area contributed by atoms with Crippen molar-refractivity contribution in [3.05, 3.63) is 0 Å². The molecule has 0 radical (unpaired) electrons. The SMILES string of the molecule is CCOC(=O)CN(CC)CCN(CCN(CC(=O)O)CC(=O)OCC)CC(=O)O. The molecule has 0 aromatic heterocycles. The lowest BCUT2D eigenvalue weighted by atomic mass is 10.3. The molecule has 0 aromatic carbocycles. The number of hydrogen-bond acceptors (Lipinski definition) is 9. The van der Waals surface area contributed by atoms with Crippen LogP contribution in [0.1, 0.15) is 20.8 Å². The Labute approximate surface area is 171 Å². The van der Waals surface area contributed by atoms with Crippen LogP contribution in [0.3, 0.4) is 0 Å². The molecule has 2 N–H and O–H groups in total. The Morgan fingerprint density at radius 3 is 1.41 bits per heavy atom. The second kappa shape index (κ2) is 15.7. The maximum absolute atomic E-state index is 11.7. The number of ether oxygens (including phenoxy) is 2. The average Bonchev–Trinajstić information content (AvgIpc) is 2.62. The van der Waals surface area contributed by atoms with Crippen LogP contribution in [0.5, 0.6) is 0 Å². The van der Waals surface area contributed by atoms with Gasteiger partial charge in [-0.1, -0.05) is 6.92 Å². The fourth-order valence-electron chi connectivity index (χ4n) is 2.56. The van der Waals surface area contributed by atoms with Crippen LogP contribution in [-0.4, -0.2) is 121 Å². The van der Waals surface area contributed by atoms with Crippen molar-refractivity contribution in [2.75, 3.05) is 72.1 Å². The van der Waals surface area contributed by atoms with E-state index in [1.165, 1.54) is 4.90 Å². The molecular weight excluding hydrogens is 386 g/mol. The Bertz CT molecular complexity index is 529. The number of hydrogen-bond donors (Lipinski definition) is 2. The van der Waals surface area contributed by atoms with E-state index < -0.39 is 17.9 Å². The van der Waals surface area contributed by atoms with E-state index in [0.29, 0.717) is 26.2 Å². The van der Waals surface area contributed by atoms with Crippen LogP contribution in [0.4, 0.5) is 0 Å². The first-order chi connectivity index (χ1) is 13.7. The van der Waals surface area contributed by atoms with Gasteiger partial charge < -0.3 is 19.7 Å². The Balaban J connectivity index is 4.79. The number of rotatable bonds is 17. The maximum Gasteiger partial charge on any atom is 0.320 e. The predicted octanol–water partition coefficient (Wildman–Crippen LogP) is -0.792. The summed E-state index contributed by atoms with van der Waals surface area (Å²) in [4.78, 5) is 50.3. The highest BCUT2D eigenvalue weighted by atomic mass is 16.5. The van der Waals surface area contributed by atoms with E-state index in [1.807, 2.05) is 11.8 Å². The van der Waals surface area contributed by atoms with Gasteiger partial charge in [0.1, 0.15) is 0 Å². The maximum atomic E-state index is 11.7. The molecule has 0 aliphatic carbocycles. The molecule has 0 aromatic rings. The Hall–Kier alpha value is -2.24. The molecule has 0 spiro atoms. The predicted molar refractivity (Wildman–Crippen MR) is 104 cm³/mol. The first-order valence-electron chi connectivity index (χ1n) is 9.63. The third-order valence-corrected chi connectivity index (χ3v) is 3.95. The molecule has 0 saturated heterocycles. The molecule has 0 aliphatic rings. The third kappa shape index (κ3) is 14.4. The van der Waals surface area contributed by atoms with Gasteiger partial charge in [-0.05, 0) is 20.4 Å². The lowest BCUT2D eigenvalue weighted by Crippen LogP contribution is -2.45. The van der Waals surface area contributed by atoms with Gasteiger partial charge in [-0.3, -0.25) is 33.9 Å².